The molecule has 0 aliphatic rings. The number of halogens is 1. The van der Waals surface area contributed by atoms with Gasteiger partial charge in [0.2, 0.25) is 10.0 Å². The third kappa shape index (κ3) is 5.18. The zero-order valence-electron chi connectivity index (χ0n) is 18.5. The normalized spacial score (nSPS) is 11.7. The van der Waals surface area contributed by atoms with Crippen molar-refractivity contribution < 1.29 is 22.7 Å². The van der Waals surface area contributed by atoms with Crippen LogP contribution >= 0.6 is 11.6 Å². The molecule has 32 heavy (non-hydrogen) atoms. The molecule has 2 aromatic heterocycles. The predicted molar refractivity (Wildman–Crippen MR) is 123 cm³/mol. The van der Waals surface area contributed by atoms with Gasteiger partial charge in [0.25, 0.3) is 0 Å². The first-order valence-corrected chi connectivity index (χ1v) is 12.2. The van der Waals surface area contributed by atoms with Gasteiger partial charge in [0.15, 0.2) is 0 Å². The van der Waals surface area contributed by atoms with Crippen molar-refractivity contribution in [2.45, 2.75) is 33.1 Å². The fourth-order valence-corrected chi connectivity index (χ4v) is 4.65. The van der Waals surface area contributed by atoms with Gasteiger partial charge in [0.1, 0.15) is 11.6 Å². The first-order chi connectivity index (χ1) is 15.2. The lowest BCUT2D eigenvalue weighted by Crippen LogP contribution is -2.33. The number of nitrogens with one attached hydrogen (secondary N) is 1. The van der Waals surface area contributed by atoms with Gasteiger partial charge in [-0.1, -0.05) is 24.9 Å². The molecule has 0 saturated carbocycles. The van der Waals surface area contributed by atoms with E-state index < -0.39 is 16.1 Å². The Kier molecular flexibility index (Phi) is 7.35. The van der Waals surface area contributed by atoms with E-state index in [1.54, 1.807) is 18.8 Å². The van der Waals surface area contributed by atoms with E-state index in [4.69, 9.17) is 21.1 Å². The fraction of sp³-hybridized carbons (Fsp3) is 0.429. The Hall–Kier alpha value is -2.72. The first kappa shape index (κ1) is 23.9. The molecule has 1 aromatic carbocycles. The molecule has 3 aromatic rings. The largest absolute Gasteiger partial charge is 0.495 e. The second-order valence-electron chi connectivity index (χ2n) is 7.40. The summed E-state index contributed by atoms with van der Waals surface area (Å²) in [5, 5.41) is 5.89. The standard InChI is InChI=1S/C21H27ClN4O5S/c1-5-6-10-31-21(27)24-32(28,29)11-8-16-14(2)23-25(3)20(16)26-9-7-15-12-17(22)19(30-4)13-18(15)26/h7,9,12-13H,5-6,8,10-11H2,1-4H3,(H,24,27). The smallest absolute Gasteiger partial charge is 0.420 e. The molecule has 0 bridgehead atoms. The van der Waals surface area contributed by atoms with Crippen molar-refractivity contribution in [2.75, 3.05) is 19.5 Å². The quantitative estimate of drug-likeness (QED) is 0.466. The third-order valence-electron chi connectivity index (χ3n) is 5.10. The highest BCUT2D eigenvalue weighted by atomic mass is 35.5. The van der Waals surface area contributed by atoms with E-state index >= 15 is 0 Å². The van der Waals surface area contributed by atoms with Gasteiger partial charge >= 0.3 is 6.09 Å². The van der Waals surface area contributed by atoms with E-state index in [1.165, 1.54) is 0 Å². The molecular formula is C21H27ClN4O5S. The highest BCUT2D eigenvalue weighted by molar-refractivity contribution is 7.90. The number of rotatable bonds is 9. The Morgan fingerprint density at radius 3 is 2.75 bits per heavy atom. The SMILES string of the molecule is CCCCOC(=O)NS(=O)(=O)CCc1c(C)nn(C)c1-n1ccc2cc(Cl)c(OC)cc21. The summed E-state index contributed by atoms with van der Waals surface area (Å²) in [4.78, 5) is 11.7. The van der Waals surface area contributed by atoms with Crippen molar-refractivity contribution in [2.24, 2.45) is 7.05 Å². The lowest BCUT2D eigenvalue weighted by Gasteiger charge is -2.12. The summed E-state index contributed by atoms with van der Waals surface area (Å²) in [6.07, 6.45) is 2.60. The van der Waals surface area contributed by atoms with Crippen LogP contribution in [0.4, 0.5) is 4.79 Å². The Morgan fingerprint density at radius 2 is 2.06 bits per heavy atom. The second kappa shape index (κ2) is 9.83. The van der Waals surface area contributed by atoms with Gasteiger partial charge in [-0.15, -0.1) is 0 Å². The molecule has 9 nitrogen and oxygen atoms in total. The molecule has 0 aliphatic carbocycles. The summed E-state index contributed by atoms with van der Waals surface area (Å²) in [6.45, 7) is 3.95. The van der Waals surface area contributed by atoms with Crippen LogP contribution in [-0.4, -0.2) is 48.3 Å². The van der Waals surface area contributed by atoms with Crippen LogP contribution in [0.25, 0.3) is 16.7 Å². The Bertz CT molecular complexity index is 1230. The number of fused-ring (bicyclic) bond motifs is 1. The number of sulfonamides is 1. The van der Waals surface area contributed by atoms with Crippen LogP contribution in [0.3, 0.4) is 0 Å². The number of hydrogen-bond acceptors (Lipinski definition) is 6. The highest BCUT2D eigenvalue weighted by Gasteiger charge is 2.22. The van der Waals surface area contributed by atoms with Crippen LogP contribution in [0.5, 0.6) is 5.75 Å². The summed E-state index contributed by atoms with van der Waals surface area (Å²) in [7, 11) is -0.535. The van der Waals surface area contributed by atoms with Crippen LogP contribution in [-0.2, 0) is 28.2 Å². The minimum atomic E-state index is -3.88. The van der Waals surface area contributed by atoms with Crippen molar-refractivity contribution in [3.8, 4) is 11.6 Å². The molecular weight excluding hydrogens is 456 g/mol. The van der Waals surface area contributed by atoms with Crippen molar-refractivity contribution in [1.29, 1.82) is 0 Å². The fourth-order valence-electron chi connectivity index (χ4n) is 3.51. The van der Waals surface area contributed by atoms with Crippen molar-refractivity contribution >= 4 is 38.6 Å². The van der Waals surface area contributed by atoms with E-state index in [2.05, 4.69) is 5.10 Å². The molecule has 3 rings (SSSR count). The Labute approximate surface area is 192 Å². The van der Waals surface area contributed by atoms with Gasteiger partial charge in [-0.05, 0) is 31.9 Å². The average molecular weight is 483 g/mol. The van der Waals surface area contributed by atoms with Gasteiger partial charge in [0, 0.05) is 30.3 Å². The molecule has 0 radical (unpaired) electrons. The maximum Gasteiger partial charge on any atom is 0.420 e. The summed E-state index contributed by atoms with van der Waals surface area (Å²) in [6, 6.07) is 5.55. The van der Waals surface area contributed by atoms with Gasteiger partial charge in [-0.25, -0.2) is 17.9 Å². The van der Waals surface area contributed by atoms with Crippen LogP contribution in [0.1, 0.15) is 31.0 Å². The predicted octanol–water partition coefficient (Wildman–Crippen LogP) is 3.73. The van der Waals surface area contributed by atoms with Crippen molar-refractivity contribution in [1.82, 2.24) is 19.1 Å². The number of hydrogen-bond donors (Lipinski definition) is 1. The summed E-state index contributed by atoms with van der Waals surface area (Å²) < 4.78 is 40.7. The maximum absolute atomic E-state index is 12.4. The number of aryl methyl sites for hydroxylation is 2. The van der Waals surface area contributed by atoms with E-state index in [-0.39, 0.29) is 18.8 Å². The molecule has 1 N–H and O–H groups in total. The number of ether oxygens (including phenoxy) is 2. The molecule has 174 valence electrons. The van der Waals surface area contributed by atoms with E-state index in [0.717, 1.165) is 28.7 Å². The molecule has 0 spiro atoms. The minimum Gasteiger partial charge on any atom is -0.495 e. The van der Waals surface area contributed by atoms with E-state index in [1.807, 2.05) is 47.5 Å². The summed E-state index contributed by atoms with van der Waals surface area (Å²) in [5.74, 6) is 0.972. The molecule has 1 amide bonds. The number of carbonyl (C=O) groups excluding carboxylic acids is 1. The minimum absolute atomic E-state index is 0.164. The zero-order valence-corrected chi connectivity index (χ0v) is 20.1. The second-order valence-corrected chi connectivity index (χ2v) is 9.65. The summed E-state index contributed by atoms with van der Waals surface area (Å²) >= 11 is 6.24. The molecule has 0 atom stereocenters. The van der Waals surface area contributed by atoms with Gasteiger partial charge in [-0.2, -0.15) is 5.10 Å². The van der Waals surface area contributed by atoms with Gasteiger partial charge in [-0.3, -0.25) is 4.68 Å². The monoisotopic (exact) mass is 482 g/mol. The van der Waals surface area contributed by atoms with E-state index in [9.17, 15) is 13.2 Å². The van der Waals surface area contributed by atoms with Crippen LogP contribution in [0, 0.1) is 6.92 Å². The number of amides is 1. The Morgan fingerprint density at radius 1 is 1.31 bits per heavy atom. The van der Waals surface area contributed by atoms with Crippen LogP contribution in [0.2, 0.25) is 5.02 Å². The first-order valence-electron chi connectivity index (χ1n) is 10.2. The van der Waals surface area contributed by atoms with Gasteiger partial charge < -0.3 is 14.0 Å². The molecule has 0 fully saturated rings. The molecule has 2 heterocycles. The van der Waals surface area contributed by atoms with Crippen LogP contribution < -0.4 is 9.46 Å². The number of nitrogens with zero attached hydrogens (tertiary/aromatic N) is 3. The Balaban J connectivity index is 1.87. The number of carbonyl (C=O) groups is 1. The average Bonchev–Trinajstić information content (AvgIpc) is 3.24. The van der Waals surface area contributed by atoms with Crippen LogP contribution in [0.15, 0.2) is 24.4 Å². The lowest BCUT2D eigenvalue weighted by atomic mass is 10.2. The number of benzene rings is 1. The number of unbranched alkanes of at least 4 members (excludes halogenated alkanes) is 1. The molecule has 0 unspecified atom stereocenters. The third-order valence-corrected chi connectivity index (χ3v) is 6.61. The highest BCUT2D eigenvalue weighted by Crippen LogP contribution is 2.33. The van der Waals surface area contributed by atoms with Gasteiger partial charge in [0.05, 0.1) is 35.7 Å². The molecule has 0 aliphatic heterocycles. The molecule has 0 saturated heterocycles. The lowest BCUT2D eigenvalue weighted by molar-refractivity contribution is 0.151. The number of methoxy groups -OCH3 is 1. The maximum atomic E-state index is 12.4. The van der Waals surface area contributed by atoms with E-state index in [0.29, 0.717) is 22.9 Å². The number of aromatic nitrogens is 3. The zero-order chi connectivity index (χ0) is 23.5. The summed E-state index contributed by atoms with van der Waals surface area (Å²) in [5.41, 5.74) is 2.30. The van der Waals surface area contributed by atoms with Crippen molar-refractivity contribution in [3.63, 3.8) is 0 Å². The topological polar surface area (TPSA) is 104 Å². The van der Waals surface area contributed by atoms with Crippen molar-refractivity contribution in [3.05, 3.63) is 40.7 Å². The molecule has 11 heteroatoms.